The van der Waals surface area contributed by atoms with Crippen molar-refractivity contribution in [2.45, 2.75) is 0 Å². The minimum Gasteiger partial charge on any atom is -0.355 e. The van der Waals surface area contributed by atoms with Gasteiger partial charge in [-0.1, -0.05) is 6.07 Å². The second-order valence-corrected chi connectivity index (χ2v) is 6.37. The van der Waals surface area contributed by atoms with Gasteiger partial charge in [-0.05, 0) is 30.3 Å². The molecular weight excluding hydrogens is 330 g/mol. The maximum Gasteiger partial charge on any atom is 0.279 e. The van der Waals surface area contributed by atoms with E-state index in [2.05, 4.69) is 26.6 Å². The molecule has 1 aromatic heterocycles. The minimum atomic E-state index is -0.138. The Kier molecular flexibility index (Phi) is 5.80. The van der Waals surface area contributed by atoms with E-state index in [1.807, 2.05) is 18.3 Å². The zero-order valence-corrected chi connectivity index (χ0v) is 14.9. The third-order valence-electron chi connectivity index (χ3n) is 4.57. The number of anilines is 2. The molecule has 0 spiro atoms. The van der Waals surface area contributed by atoms with E-state index < -0.39 is 0 Å². The Morgan fingerprint density at radius 1 is 1.12 bits per heavy atom. The molecule has 0 atom stereocenters. The van der Waals surface area contributed by atoms with Crippen LogP contribution in [0.5, 0.6) is 0 Å². The number of piperazine rings is 1. The van der Waals surface area contributed by atoms with Crippen molar-refractivity contribution in [3.05, 3.63) is 54.2 Å². The van der Waals surface area contributed by atoms with Crippen LogP contribution in [0.3, 0.4) is 0 Å². The first kappa shape index (κ1) is 17.9. The molecule has 2 aromatic rings. The Labute approximate surface area is 153 Å². The second kappa shape index (κ2) is 8.44. The molecule has 7 nitrogen and oxygen atoms in total. The van der Waals surface area contributed by atoms with Crippen LogP contribution < -0.4 is 25.4 Å². The topological polar surface area (TPSA) is 80.0 Å². The lowest BCUT2D eigenvalue weighted by Gasteiger charge is -2.27. The normalized spacial score (nSPS) is 14.7. The summed E-state index contributed by atoms with van der Waals surface area (Å²) in [5, 5.41) is 5.48. The molecule has 1 aliphatic rings. The molecule has 3 rings (SSSR count). The van der Waals surface area contributed by atoms with E-state index in [1.165, 1.54) is 4.90 Å². The van der Waals surface area contributed by atoms with Gasteiger partial charge < -0.3 is 15.5 Å². The Morgan fingerprint density at radius 3 is 2.46 bits per heavy atom. The number of nitrogens with zero attached hydrogens (tertiary/aromatic N) is 1. The fraction of sp³-hybridized carbons (Fsp3) is 0.316. The number of carbonyl (C=O) groups excluding carboxylic acids is 2. The highest BCUT2D eigenvalue weighted by Crippen LogP contribution is 2.09. The Morgan fingerprint density at radius 2 is 1.85 bits per heavy atom. The van der Waals surface area contributed by atoms with Gasteiger partial charge in [-0.3, -0.25) is 14.5 Å². The van der Waals surface area contributed by atoms with E-state index in [1.54, 1.807) is 31.3 Å². The molecule has 0 bridgehead atoms. The lowest BCUT2D eigenvalue weighted by molar-refractivity contribution is -0.892. The number of aromatic amines is 1. The van der Waals surface area contributed by atoms with E-state index >= 15 is 0 Å². The van der Waals surface area contributed by atoms with Gasteiger partial charge in [0, 0.05) is 24.4 Å². The molecule has 4 N–H and O–H groups in total. The molecule has 2 amide bonds. The predicted octanol–water partition coefficient (Wildman–Crippen LogP) is -0.796. The molecule has 0 unspecified atom stereocenters. The van der Waals surface area contributed by atoms with E-state index in [4.69, 9.17) is 0 Å². The van der Waals surface area contributed by atoms with Gasteiger partial charge in [-0.25, -0.2) is 4.98 Å². The number of benzene rings is 1. The van der Waals surface area contributed by atoms with Crippen molar-refractivity contribution in [2.24, 2.45) is 0 Å². The number of quaternary nitrogens is 1. The molecular formula is C19H25N5O2+2. The summed E-state index contributed by atoms with van der Waals surface area (Å²) in [4.78, 5) is 30.6. The smallest absolute Gasteiger partial charge is 0.279 e. The number of amides is 2. The van der Waals surface area contributed by atoms with E-state index in [-0.39, 0.29) is 11.8 Å². The van der Waals surface area contributed by atoms with Gasteiger partial charge >= 0.3 is 0 Å². The zero-order valence-electron chi connectivity index (χ0n) is 14.9. The number of carbonyl (C=O) groups is 2. The number of pyridine rings is 1. The van der Waals surface area contributed by atoms with Crippen molar-refractivity contribution in [2.75, 3.05) is 50.0 Å². The summed E-state index contributed by atoms with van der Waals surface area (Å²) >= 11 is 0. The third-order valence-corrected chi connectivity index (χ3v) is 4.57. The second-order valence-electron chi connectivity index (χ2n) is 6.37. The molecule has 1 saturated heterocycles. The van der Waals surface area contributed by atoms with Crippen LogP contribution in [0, 0.1) is 0 Å². The molecule has 0 radical (unpaired) electrons. The standard InChI is InChI=1S/C19H23N5O2/c1-20-19(26)15-5-7-16(8-6-15)22-18(25)14-23-10-12-24(13-11-23)17-4-2-3-9-21-17/h2-9H,10-14H2,1H3,(H,20,26)(H,22,25)/p+2. The molecule has 2 heterocycles. The minimum absolute atomic E-state index is 0.00702. The first-order chi connectivity index (χ1) is 12.7. The molecule has 1 aromatic carbocycles. The molecule has 0 aliphatic carbocycles. The average Bonchev–Trinajstić information content (AvgIpc) is 2.69. The average molecular weight is 355 g/mol. The van der Waals surface area contributed by atoms with Gasteiger partial charge in [0.05, 0.1) is 6.20 Å². The van der Waals surface area contributed by atoms with Crippen LogP contribution in [-0.4, -0.2) is 51.6 Å². The van der Waals surface area contributed by atoms with Crippen molar-refractivity contribution >= 4 is 23.3 Å². The molecule has 26 heavy (non-hydrogen) atoms. The first-order valence-corrected chi connectivity index (χ1v) is 8.83. The largest absolute Gasteiger partial charge is 0.355 e. The summed E-state index contributed by atoms with van der Waals surface area (Å²) in [5.41, 5.74) is 1.28. The summed E-state index contributed by atoms with van der Waals surface area (Å²) in [6, 6.07) is 13.0. The van der Waals surface area contributed by atoms with Crippen molar-refractivity contribution in [1.29, 1.82) is 0 Å². The monoisotopic (exact) mass is 355 g/mol. The lowest BCUT2D eigenvalue weighted by Crippen LogP contribution is -3.15. The van der Waals surface area contributed by atoms with Crippen LogP contribution >= 0.6 is 0 Å². The Hall–Kier alpha value is -2.93. The van der Waals surface area contributed by atoms with Gasteiger partial charge in [-0.15, -0.1) is 0 Å². The van der Waals surface area contributed by atoms with Crippen molar-refractivity contribution in [3.8, 4) is 0 Å². The van der Waals surface area contributed by atoms with Gasteiger partial charge in [0.15, 0.2) is 6.54 Å². The highest BCUT2D eigenvalue weighted by atomic mass is 16.2. The summed E-state index contributed by atoms with van der Waals surface area (Å²) in [6.07, 6.45) is 1.93. The summed E-state index contributed by atoms with van der Waals surface area (Å²) in [6.45, 7) is 4.13. The van der Waals surface area contributed by atoms with Crippen LogP contribution in [0.4, 0.5) is 11.5 Å². The predicted molar refractivity (Wildman–Crippen MR) is 99.2 cm³/mol. The quantitative estimate of drug-likeness (QED) is 0.657. The van der Waals surface area contributed by atoms with Crippen LogP contribution in [0.25, 0.3) is 0 Å². The fourth-order valence-corrected chi connectivity index (χ4v) is 3.10. The van der Waals surface area contributed by atoms with Gasteiger partial charge in [0.2, 0.25) is 0 Å². The molecule has 136 valence electrons. The van der Waals surface area contributed by atoms with Gasteiger partial charge in [0.1, 0.15) is 26.2 Å². The van der Waals surface area contributed by atoms with E-state index in [0.717, 1.165) is 32.0 Å². The maximum absolute atomic E-state index is 12.3. The van der Waals surface area contributed by atoms with Gasteiger partial charge in [0.25, 0.3) is 17.6 Å². The SMILES string of the molecule is CNC(=O)c1ccc(NC(=O)C[NH+]2CCN(c3cccc[nH+]3)CC2)cc1. The third kappa shape index (κ3) is 4.58. The van der Waals surface area contributed by atoms with Crippen LogP contribution in [-0.2, 0) is 4.79 Å². The lowest BCUT2D eigenvalue weighted by atomic mass is 10.2. The maximum atomic E-state index is 12.3. The molecule has 1 aliphatic heterocycles. The summed E-state index contributed by atoms with van der Waals surface area (Å²) in [7, 11) is 1.59. The number of hydrogen-bond donors (Lipinski definition) is 3. The Balaban J connectivity index is 1.46. The van der Waals surface area contributed by atoms with Crippen molar-refractivity contribution in [3.63, 3.8) is 0 Å². The van der Waals surface area contributed by atoms with Crippen LogP contribution in [0.1, 0.15) is 10.4 Å². The highest BCUT2D eigenvalue weighted by molar-refractivity contribution is 5.95. The molecule has 0 saturated carbocycles. The fourth-order valence-electron chi connectivity index (χ4n) is 3.10. The molecule has 7 heteroatoms. The molecule has 1 fully saturated rings. The highest BCUT2D eigenvalue weighted by Gasteiger charge is 2.27. The van der Waals surface area contributed by atoms with E-state index in [0.29, 0.717) is 17.8 Å². The van der Waals surface area contributed by atoms with Crippen LogP contribution in [0.15, 0.2) is 48.7 Å². The van der Waals surface area contributed by atoms with Gasteiger partial charge in [-0.2, -0.15) is 0 Å². The zero-order chi connectivity index (χ0) is 18.4. The number of rotatable bonds is 5. The first-order valence-electron chi connectivity index (χ1n) is 8.83. The number of hydrogen-bond acceptors (Lipinski definition) is 3. The van der Waals surface area contributed by atoms with Crippen molar-refractivity contribution < 1.29 is 19.5 Å². The number of aromatic nitrogens is 1. The van der Waals surface area contributed by atoms with Crippen molar-refractivity contribution in [1.82, 2.24) is 5.32 Å². The summed E-state index contributed by atoms with van der Waals surface area (Å²) in [5.74, 6) is 0.973. The van der Waals surface area contributed by atoms with Crippen LogP contribution in [0.2, 0.25) is 0 Å². The Bertz CT molecular complexity index is 740. The number of nitrogens with one attached hydrogen (secondary N) is 4. The van der Waals surface area contributed by atoms with E-state index in [9.17, 15) is 9.59 Å². The summed E-state index contributed by atoms with van der Waals surface area (Å²) < 4.78 is 0. The number of H-pyrrole nitrogens is 1.